The third-order valence-electron chi connectivity index (χ3n) is 3.85. The number of hydrogen-bond acceptors (Lipinski definition) is 3. The van der Waals surface area contributed by atoms with Crippen molar-refractivity contribution in [3.8, 4) is 0 Å². The molecule has 1 aliphatic carbocycles. The van der Waals surface area contributed by atoms with Crippen LogP contribution in [0.1, 0.15) is 28.8 Å². The van der Waals surface area contributed by atoms with E-state index in [4.69, 9.17) is 11.6 Å². The van der Waals surface area contributed by atoms with Gasteiger partial charge in [-0.15, -0.1) is 0 Å². The van der Waals surface area contributed by atoms with E-state index in [9.17, 15) is 13.2 Å². The fourth-order valence-corrected chi connectivity index (χ4v) is 3.50. The lowest BCUT2D eigenvalue weighted by Gasteiger charge is -2.12. The van der Waals surface area contributed by atoms with Crippen molar-refractivity contribution < 1.29 is 13.2 Å². The maximum absolute atomic E-state index is 12.5. The Morgan fingerprint density at radius 1 is 1.12 bits per heavy atom. The molecule has 1 amide bonds. The first kappa shape index (κ1) is 16.8. The summed E-state index contributed by atoms with van der Waals surface area (Å²) < 4.78 is 27.5. The molecule has 1 saturated carbocycles. The van der Waals surface area contributed by atoms with Gasteiger partial charge in [0.2, 0.25) is 0 Å². The first-order valence-electron chi connectivity index (χ1n) is 7.56. The van der Waals surface area contributed by atoms with Gasteiger partial charge in [0, 0.05) is 16.6 Å². The van der Waals surface area contributed by atoms with Crippen LogP contribution in [0.25, 0.3) is 0 Å². The molecule has 126 valence electrons. The Kier molecular flexibility index (Phi) is 4.51. The standard InChI is InChI=1S/C17H17ClN2O3S/c1-11-15(18)3-2-4-16(11)20-24(22,23)14-9-5-12(6-10-14)17(21)19-13-7-8-13/h2-6,9-10,13,20H,7-8H2,1H3,(H,19,21). The molecule has 2 N–H and O–H groups in total. The molecule has 3 rings (SSSR count). The van der Waals surface area contributed by atoms with Gasteiger partial charge >= 0.3 is 0 Å². The molecule has 1 aliphatic rings. The summed E-state index contributed by atoms with van der Waals surface area (Å²) in [5.74, 6) is -0.180. The SMILES string of the molecule is Cc1c(Cl)cccc1NS(=O)(=O)c1ccc(C(=O)NC2CC2)cc1. The lowest BCUT2D eigenvalue weighted by Crippen LogP contribution is -2.25. The molecule has 1 fully saturated rings. The van der Waals surface area contributed by atoms with Gasteiger partial charge in [-0.3, -0.25) is 9.52 Å². The van der Waals surface area contributed by atoms with Gasteiger partial charge in [0.1, 0.15) is 0 Å². The quantitative estimate of drug-likeness (QED) is 0.854. The molecule has 7 heteroatoms. The van der Waals surface area contributed by atoms with Crippen molar-refractivity contribution in [1.29, 1.82) is 0 Å². The summed E-state index contributed by atoms with van der Waals surface area (Å²) in [6.45, 7) is 1.74. The van der Waals surface area contributed by atoms with Crippen LogP contribution in [0.4, 0.5) is 5.69 Å². The first-order valence-corrected chi connectivity index (χ1v) is 9.42. The summed E-state index contributed by atoms with van der Waals surface area (Å²) in [4.78, 5) is 12.0. The summed E-state index contributed by atoms with van der Waals surface area (Å²) in [6, 6.07) is 11.1. The number of sulfonamides is 1. The zero-order chi connectivity index (χ0) is 17.3. The van der Waals surface area contributed by atoms with Crippen molar-refractivity contribution in [3.05, 3.63) is 58.6 Å². The molecule has 0 aliphatic heterocycles. The highest BCUT2D eigenvalue weighted by molar-refractivity contribution is 7.92. The van der Waals surface area contributed by atoms with E-state index in [1.165, 1.54) is 24.3 Å². The van der Waals surface area contributed by atoms with Gasteiger partial charge < -0.3 is 5.32 Å². The van der Waals surface area contributed by atoms with Crippen molar-refractivity contribution in [2.24, 2.45) is 0 Å². The number of halogens is 1. The van der Waals surface area contributed by atoms with Crippen molar-refractivity contribution in [3.63, 3.8) is 0 Å². The van der Waals surface area contributed by atoms with E-state index in [1.54, 1.807) is 25.1 Å². The van der Waals surface area contributed by atoms with E-state index in [1.807, 2.05) is 0 Å². The Labute approximate surface area is 146 Å². The summed E-state index contributed by atoms with van der Waals surface area (Å²) in [6.07, 6.45) is 2.00. The van der Waals surface area contributed by atoms with E-state index < -0.39 is 10.0 Å². The van der Waals surface area contributed by atoms with Crippen LogP contribution >= 0.6 is 11.6 Å². The number of benzene rings is 2. The monoisotopic (exact) mass is 364 g/mol. The predicted molar refractivity (Wildman–Crippen MR) is 93.9 cm³/mol. The van der Waals surface area contributed by atoms with Crippen LogP contribution in [-0.4, -0.2) is 20.4 Å². The number of hydrogen-bond donors (Lipinski definition) is 2. The zero-order valence-electron chi connectivity index (χ0n) is 13.0. The number of carbonyl (C=O) groups is 1. The molecule has 2 aromatic rings. The molecule has 0 spiro atoms. The fraction of sp³-hybridized carbons (Fsp3) is 0.235. The van der Waals surface area contributed by atoms with Crippen LogP contribution < -0.4 is 10.0 Å². The van der Waals surface area contributed by atoms with Crippen LogP contribution in [-0.2, 0) is 10.0 Å². The lowest BCUT2D eigenvalue weighted by molar-refractivity contribution is 0.0951. The number of anilines is 1. The average molecular weight is 365 g/mol. The van der Waals surface area contributed by atoms with Gasteiger partial charge in [-0.1, -0.05) is 17.7 Å². The number of nitrogens with one attached hydrogen (secondary N) is 2. The van der Waals surface area contributed by atoms with E-state index in [0.29, 0.717) is 21.8 Å². The van der Waals surface area contributed by atoms with Gasteiger partial charge in [-0.05, 0) is 61.7 Å². The minimum absolute atomic E-state index is 0.0878. The zero-order valence-corrected chi connectivity index (χ0v) is 14.6. The van der Waals surface area contributed by atoms with Crippen LogP contribution in [0.15, 0.2) is 47.4 Å². The maximum Gasteiger partial charge on any atom is 0.261 e. The third kappa shape index (κ3) is 3.71. The molecule has 5 nitrogen and oxygen atoms in total. The largest absolute Gasteiger partial charge is 0.349 e. The normalized spacial score (nSPS) is 14.2. The minimum atomic E-state index is -3.75. The van der Waals surface area contributed by atoms with Crippen LogP contribution in [0.5, 0.6) is 0 Å². The molecule has 0 aromatic heterocycles. The number of rotatable bonds is 5. The fourth-order valence-electron chi connectivity index (χ4n) is 2.20. The minimum Gasteiger partial charge on any atom is -0.349 e. The highest BCUT2D eigenvalue weighted by atomic mass is 35.5. The van der Waals surface area contributed by atoms with Crippen molar-refractivity contribution in [1.82, 2.24) is 5.32 Å². The molecule has 2 aromatic carbocycles. The van der Waals surface area contributed by atoms with Gasteiger partial charge in [0.05, 0.1) is 10.6 Å². The van der Waals surface area contributed by atoms with Gasteiger partial charge in [-0.2, -0.15) is 0 Å². The molecular weight excluding hydrogens is 348 g/mol. The first-order chi connectivity index (χ1) is 11.4. The molecule has 0 unspecified atom stereocenters. The van der Waals surface area contributed by atoms with Crippen molar-refractivity contribution in [2.75, 3.05) is 4.72 Å². The van der Waals surface area contributed by atoms with Crippen LogP contribution in [0, 0.1) is 6.92 Å². The smallest absolute Gasteiger partial charge is 0.261 e. The Morgan fingerprint density at radius 3 is 2.42 bits per heavy atom. The van der Waals surface area contributed by atoms with E-state index in [0.717, 1.165) is 12.8 Å². The Balaban J connectivity index is 1.79. The van der Waals surface area contributed by atoms with E-state index in [-0.39, 0.29) is 16.8 Å². The van der Waals surface area contributed by atoms with Crippen LogP contribution in [0.3, 0.4) is 0 Å². The van der Waals surface area contributed by atoms with Crippen LogP contribution in [0.2, 0.25) is 5.02 Å². The molecule has 24 heavy (non-hydrogen) atoms. The number of amides is 1. The maximum atomic E-state index is 12.5. The Bertz CT molecular complexity index is 875. The van der Waals surface area contributed by atoms with Crippen molar-refractivity contribution >= 4 is 33.2 Å². The number of carbonyl (C=O) groups excluding carboxylic acids is 1. The second-order valence-corrected chi connectivity index (χ2v) is 7.88. The van der Waals surface area contributed by atoms with Crippen molar-refractivity contribution in [2.45, 2.75) is 30.7 Å². The lowest BCUT2D eigenvalue weighted by atomic mass is 10.2. The van der Waals surface area contributed by atoms with Gasteiger partial charge in [-0.25, -0.2) is 8.42 Å². The molecule has 0 atom stereocenters. The summed E-state index contributed by atoms with van der Waals surface area (Å²) in [7, 11) is -3.75. The molecule has 0 radical (unpaired) electrons. The molecule has 0 saturated heterocycles. The predicted octanol–water partition coefficient (Wildman–Crippen LogP) is 3.34. The molecular formula is C17H17ClN2O3S. The second kappa shape index (κ2) is 6.45. The summed E-state index contributed by atoms with van der Waals surface area (Å²) in [5.41, 5.74) is 1.53. The van der Waals surface area contributed by atoms with Gasteiger partial charge in [0.15, 0.2) is 0 Å². The van der Waals surface area contributed by atoms with E-state index in [2.05, 4.69) is 10.0 Å². The Morgan fingerprint density at radius 2 is 1.79 bits per heavy atom. The average Bonchev–Trinajstić information content (AvgIpc) is 3.36. The van der Waals surface area contributed by atoms with Gasteiger partial charge in [0.25, 0.3) is 15.9 Å². The van der Waals surface area contributed by atoms with E-state index >= 15 is 0 Å². The third-order valence-corrected chi connectivity index (χ3v) is 5.64. The topological polar surface area (TPSA) is 75.3 Å². The highest BCUT2D eigenvalue weighted by Gasteiger charge is 2.24. The summed E-state index contributed by atoms with van der Waals surface area (Å²) in [5, 5.41) is 3.35. The highest BCUT2D eigenvalue weighted by Crippen LogP contribution is 2.25. The molecule has 0 bridgehead atoms. The summed E-state index contributed by atoms with van der Waals surface area (Å²) >= 11 is 6.01. The second-order valence-electron chi connectivity index (χ2n) is 5.79. The molecule has 0 heterocycles. The Hall–Kier alpha value is -2.05.